The van der Waals surface area contributed by atoms with E-state index in [0.29, 0.717) is 19.8 Å². The fourth-order valence-electron chi connectivity index (χ4n) is 0.731. The van der Waals surface area contributed by atoms with Crippen molar-refractivity contribution in [2.45, 2.75) is 6.92 Å². The zero-order valence-electron chi connectivity index (χ0n) is 8.17. The minimum Gasteiger partial charge on any atom is -0.388 e. The highest BCUT2D eigenvalue weighted by Crippen LogP contribution is 1.88. The maximum Gasteiger partial charge on any atom is 0.253 e. The van der Waals surface area contributed by atoms with Gasteiger partial charge in [-0.1, -0.05) is 0 Å². The zero-order valence-corrected chi connectivity index (χ0v) is 8.17. The molecule has 0 spiro atoms. The number of nitrogens with one attached hydrogen (secondary N) is 2. The molecular weight excluding hydrogens is 184 g/mol. The average molecular weight is 200 g/mol. The lowest BCUT2D eigenvalue weighted by molar-refractivity contribution is -0.114. The van der Waals surface area contributed by atoms with Gasteiger partial charge in [-0.15, -0.1) is 0 Å². The van der Waals surface area contributed by atoms with E-state index in [1.165, 1.54) is 6.20 Å². The molecule has 6 heteroatoms. The largest absolute Gasteiger partial charge is 0.388 e. The predicted molar refractivity (Wildman–Crippen MR) is 53.7 cm³/mol. The first-order valence-electron chi connectivity index (χ1n) is 4.25. The Balaban J connectivity index is 3.93. The predicted octanol–water partition coefficient (Wildman–Crippen LogP) is -1.08. The van der Waals surface area contributed by atoms with Crippen LogP contribution in [0.15, 0.2) is 11.8 Å². The molecule has 0 aromatic carbocycles. The van der Waals surface area contributed by atoms with Crippen molar-refractivity contribution in [1.29, 1.82) is 5.41 Å². The standard InChI is InChI=1S/C8H16N4O2/c1-2-14-4-3-12-5-6(7(9)10)8(11)13/h5,12H,2-4H2,1H3,(H3,9,10)(H2,11,13)/b6-5+. The molecule has 80 valence electrons. The van der Waals surface area contributed by atoms with E-state index in [-0.39, 0.29) is 11.4 Å². The number of rotatable bonds is 7. The summed E-state index contributed by atoms with van der Waals surface area (Å²) in [7, 11) is 0. The molecule has 0 bridgehead atoms. The third-order valence-electron chi connectivity index (χ3n) is 1.40. The van der Waals surface area contributed by atoms with Crippen molar-refractivity contribution in [1.82, 2.24) is 5.32 Å². The van der Waals surface area contributed by atoms with E-state index in [1.807, 2.05) is 6.92 Å². The van der Waals surface area contributed by atoms with Crippen molar-refractivity contribution in [3.63, 3.8) is 0 Å². The topological polar surface area (TPSA) is 114 Å². The van der Waals surface area contributed by atoms with E-state index in [9.17, 15) is 4.79 Å². The maximum atomic E-state index is 10.7. The van der Waals surface area contributed by atoms with Gasteiger partial charge in [-0.2, -0.15) is 0 Å². The fraction of sp³-hybridized carbons (Fsp3) is 0.500. The van der Waals surface area contributed by atoms with Crippen LogP contribution in [0.3, 0.4) is 0 Å². The summed E-state index contributed by atoms with van der Waals surface area (Å²) in [4.78, 5) is 10.7. The van der Waals surface area contributed by atoms with Crippen LogP contribution in [0.2, 0.25) is 0 Å². The van der Waals surface area contributed by atoms with Crippen LogP contribution in [0.5, 0.6) is 0 Å². The Bertz CT molecular complexity index is 221. The van der Waals surface area contributed by atoms with Crippen molar-refractivity contribution < 1.29 is 9.53 Å². The van der Waals surface area contributed by atoms with E-state index in [4.69, 9.17) is 21.6 Å². The number of amides is 1. The number of ether oxygens (including phenoxy) is 1. The van der Waals surface area contributed by atoms with Crippen LogP contribution in [-0.2, 0) is 9.53 Å². The van der Waals surface area contributed by atoms with E-state index in [2.05, 4.69) is 5.32 Å². The normalized spacial score (nSPS) is 11.1. The van der Waals surface area contributed by atoms with E-state index in [0.717, 1.165) is 0 Å². The molecule has 6 N–H and O–H groups in total. The van der Waals surface area contributed by atoms with Crippen molar-refractivity contribution in [2.24, 2.45) is 11.5 Å². The van der Waals surface area contributed by atoms with Gasteiger partial charge in [0, 0.05) is 19.4 Å². The highest BCUT2D eigenvalue weighted by atomic mass is 16.5. The van der Waals surface area contributed by atoms with Crippen molar-refractivity contribution in [3.8, 4) is 0 Å². The molecule has 0 aromatic rings. The summed E-state index contributed by atoms with van der Waals surface area (Å²) in [5.74, 6) is -1.07. The second kappa shape index (κ2) is 6.90. The van der Waals surface area contributed by atoms with Gasteiger partial charge in [0.1, 0.15) is 5.84 Å². The van der Waals surface area contributed by atoms with Crippen LogP contribution in [0.4, 0.5) is 0 Å². The molecule has 0 rings (SSSR count). The zero-order chi connectivity index (χ0) is 11.0. The molecule has 14 heavy (non-hydrogen) atoms. The third kappa shape index (κ3) is 5.15. The lowest BCUT2D eigenvalue weighted by Crippen LogP contribution is -2.28. The highest BCUT2D eigenvalue weighted by molar-refractivity contribution is 6.18. The molecule has 6 nitrogen and oxygen atoms in total. The maximum absolute atomic E-state index is 10.7. The number of primary amides is 1. The number of carbonyl (C=O) groups is 1. The molecule has 0 atom stereocenters. The molecule has 0 aromatic heterocycles. The van der Waals surface area contributed by atoms with Gasteiger partial charge in [0.05, 0.1) is 12.2 Å². The van der Waals surface area contributed by atoms with Gasteiger partial charge in [0.2, 0.25) is 0 Å². The summed E-state index contributed by atoms with van der Waals surface area (Å²) < 4.78 is 5.04. The smallest absolute Gasteiger partial charge is 0.253 e. The SMILES string of the molecule is CCOCCN/C=C(\C(=N)N)C(N)=O. The first-order valence-corrected chi connectivity index (χ1v) is 4.25. The van der Waals surface area contributed by atoms with Gasteiger partial charge in [0.25, 0.3) is 5.91 Å². The van der Waals surface area contributed by atoms with Crippen molar-refractivity contribution in [3.05, 3.63) is 11.8 Å². The lowest BCUT2D eigenvalue weighted by atomic mass is 10.2. The molecule has 0 saturated carbocycles. The molecule has 1 amide bonds. The minimum atomic E-state index is -0.721. The molecule has 0 saturated heterocycles. The summed E-state index contributed by atoms with van der Waals surface area (Å²) in [6, 6.07) is 0. The van der Waals surface area contributed by atoms with E-state index in [1.54, 1.807) is 0 Å². The van der Waals surface area contributed by atoms with E-state index < -0.39 is 5.91 Å². The molecule has 0 unspecified atom stereocenters. The quantitative estimate of drug-likeness (QED) is 0.181. The van der Waals surface area contributed by atoms with Gasteiger partial charge in [-0.05, 0) is 6.92 Å². The van der Waals surface area contributed by atoms with Crippen LogP contribution in [0, 0.1) is 5.41 Å². The number of carbonyl (C=O) groups excluding carboxylic acids is 1. The van der Waals surface area contributed by atoms with Gasteiger partial charge in [0.15, 0.2) is 0 Å². The minimum absolute atomic E-state index is 0.0264. The molecule has 0 fully saturated rings. The second-order valence-electron chi connectivity index (χ2n) is 2.49. The van der Waals surface area contributed by atoms with Gasteiger partial charge in [-0.3, -0.25) is 10.2 Å². The van der Waals surface area contributed by atoms with Crippen LogP contribution in [0.25, 0.3) is 0 Å². The van der Waals surface area contributed by atoms with Crippen LogP contribution in [0.1, 0.15) is 6.92 Å². The first-order chi connectivity index (χ1) is 6.59. The van der Waals surface area contributed by atoms with Gasteiger partial charge >= 0.3 is 0 Å². The first kappa shape index (κ1) is 12.4. The van der Waals surface area contributed by atoms with Crippen molar-refractivity contribution in [2.75, 3.05) is 19.8 Å². The van der Waals surface area contributed by atoms with Gasteiger partial charge in [-0.25, -0.2) is 0 Å². The number of amidine groups is 1. The summed E-state index contributed by atoms with van der Waals surface area (Å²) in [6.45, 7) is 3.59. The molecule has 0 aliphatic rings. The van der Waals surface area contributed by atoms with Gasteiger partial charge < -0.3 is 21.5 Å². The summed E-state index contributed by atoms with van der Waals surface area (Å²) in [6.07, 6.45) is 1.32. The molecular formula is C8H16N4O2. The Morgan fingerprint density at radius 1 is 1.57 bits per heavy atom. The monoisotopic (exact) mass is 200 g/mol. The average Bonchev–Trinajstić information content (AvgIpc) is 2.09. The Kier molecular flexibility index (Phi) is 6.13. The molecule has 0 heterocycles. The third-order valence-corrected chi connectivity index (χ3v) is 1.40. The highest BCUT2D eigenvalue weighted by Gasteiger charge is 2.06. The van der Waals surface area contributed by atoms with Crippen molar-refractivity contribution >= 4 is 11.7 Å². The Hall–Kier alpha value is -1.56. The number of hydrogen-bond donors (Lipinski definition) is 4. The lowest BCUT2D eigenvalue weighted by Gasteiger charge is -2.03. The molecule has 0 aliphatic carbocycles. The fourth-order valence-corrected chi connectivity index (χ4v) is 0.731. The van der Waals surface area contributed by atoms with Crippen LogP contribution >= 0.6 is 0 Å². The van der Waals surface area contributed by atoms with Crippen LogP contribution in [-0.4, -0.2) is 31.5 Å². The Labute approximate surface area is 82.8 Å². The van der Waals surface area contributed by atoms with Crippen LogP contribution < -0.4 is 16.8 Å². The Morgan fingerprint density at radius 2 is 2.21 bits per heavy atom. The molecule has 0 radical (unpaired) electrons. The van der Waals surface area contributed by atoms with E-state index >= 15 is 0 Å². The summed E-state index contributed by atoms with van der Waals surface area (Å²) in [5.41, 5.74) is 10.1. The summed E-state index contributed by atoms with van der Waals surface area (Å²) >= 11 is 0. The summed E-state index contributed by atoms with van der Waals surface area (Å²) in [5, 5.41) is 9.81. The second-order valence-corrected chi connectivity index (χ2v) is 2.49. The number of hydrogen-bond acceptors (Lipinski definition) is 4. The Morgan fingerprint density at radius 3 is 2.64 bits per heavy atom. The molecule has 0 aliphatic heterocycles. The number of nitrogens with two attached hydrogens (primary N) is 2.